The SMILES string of the molecule is COC(C(=O)c1cccnc1N)C(C)(C)C. The highest BCUT2D eigenvalue weighted by atomic mass is 16.5. The summed E-state index contributed by atoms with van der Waals surface area (Å²) in [6, 6.07) is 3.36. The van der Waals surface area contributed by atoms with Crippen molar-refractivity contribution < 1.29 is 9.53 Å². The van der Waals surface area contributed by atoms with Crippen LogP contribution in [0.15, 0.2) is 18.3 Å². The monoisotopic (exact) mass is 222 g/mol. The largest absolute Gasteiger partial charge is 0.383 e. The predicted molar refractivity (Wildman–Crippen MR) is 63.2 cm³/mol. The molecule has 0 aliphatic rings. The van der Waals surface area contributed by atoms with Crippen LogP contribution in [0.2, 0.25) is 0 Å². The Bertz CT molecular complexity index is 383. The fraction of sp³-hybridized carbons (Fsp3) is 0.500. The molecule has 1 heterocycles. The minimum atomic E-state index is -0.515. The van der Waals surface area contributed by atoms with Crippen molar-refractivity contribution in [2.45, 2.75) is 26.9 Å². The molecule has 0 aromatic carbocycles. The molecule has 0 bridgehead atoms. The number of carbonyl (C=O) groups excluding carboxylic acids is 1. The quantitative estimate of drug-likeness (QED) is 0.793. The maximum Gasteiger partial charge on any atom is 0.195 e. The van der Waals surface area contributed by atoms with E-state index in [2.05, 4.69) is 4.98 Å². The van der Waals surface area contributed by atoms with Gasteiger partial charge in [-0.05, 0) is 17.5 Å². The molecule has 4 nitrogen and oxygen atoms in total. The molecule has 0 aliphatic carbocycles. The van der Waals surface area contributed by atoms with E-state index < -0.39 is 6.10 Å². The Kier molecular flexibility index (Phi) is 3.65. The molecule has 0 saturated carbocycles. The Labute approximate surface area is 95.8 Å². The molecular weight excluding hydrogens is 204 g/mol. The number of hydrogen-bond acceptors (Lipinski definition) is 4. The molecule has 0 aliphatic heterocycles. The van der Waals surface area contributed by atoms with E-state index in [1.165, 1.54) is 7.11 Å². The minimum Gasteiger partial charge on any atom is -0.383 e. The molecule has 0 radical (unpaired) electrons. The Balaban J connectivity index is 3.06. The predicted octanol–water partition coefficient (Wildman–Crippen LogP) is 1.91. The summed E-state index contributed by atoms with van der Waals surface area (Å²) in [5, 5.41) is 0. The maximum atomic E-state index is 12.2. The third-order valence-corrected chi connectivity index (χ3v) is 2.36. The number of Topliss-reactive ketones (excluding diaryl/α,β-unsaturated/α-hetero) is 1. The first-order valence-corrected chi connectivity index (χ1v) is 5.15. The number of nitrogens with zero attached hydrogens (tertiary/aromatic N) is 1. The van der Waals surface area contributed by atoms with Crippen molar-refractivity contribution in [3.63, 3.8) is 0 Å². The Morgan fingerprint density at radius 3 is 2.56 bits per heavy atom. The third kappa shape index (κ3) is 2.58. The number of aromatic nitrogens is 1. The van der Waals surface area contributed by atoms with Crippen LogP contribution < -0.4 is 5.73 Å². The summed E-state index contributed by atoms with van der Waals surface area (Å²) in [4.78, 5) is 16.1. The number of methoxy groups -OCH3 is 1. The Hall–Kier alpha value is -1.42. The third-order valence-electron chi connectivity index (χ3n) is 2.36. The van der Waals surface area contributed by atoms with Gasteiger partial charge < -0.3 is 10.5 Å². The molecule has 1 unspecified atom stereocenters. The van der Waals surface area contributed by atoms with Crippen LogP contribution in [-0.2, 0) is 4.74 Å². The van der Waals surface area contributed by atoms with E-state index in [1.807, 2.05) is 20.8 Å². The van der Waals surface area contributed by atoms with Crippen LogP contribution in [0.25, 0.3) is 0 Å². The summed E-state index contributed by atoms with van der Waals surface area (Å²) in [5.41, 5.74) is 5.82. The molecule has 1 aromatic rings. The standard InChI is InChI=1S/C12H18N2O2/c1-12(2,3)10(16-4)9(15)8-6-5-7-14-11(8)13/h5-7,10H,1-4H3,(H2,13,14). The van der Waals surface area contributed by atoms with Crippen LogP contribution >= 0.6 is 0 Å². The van der Waals surface area contributed by atoms with Gasteiger partial charge in [-0.25, -0.2) is 4.98 Å². The van der Waals surface area contributed by atoms with Crippen LogP contribution in [0.5, 0.6) is 0 Å². The molecule has 0 amide bonds. The number of rotatable bonds is 3. The number of nitrogens with two attached hydrogens (primary N) is 1. The Morgan fingerprint density at radius 2 is 2.12 bits per heavy atom. The van der Waals surface area contributed by atoms with Crippen molar-refractivity contribution in [2.75, 3.05) is 12.8 Å². The highest BCUT2D eigenvalue weighted by Crippen LogP contribution is 2.26. The summed E-state index contributed by atoms with van der Waals surface area (Å²) in [5.74, 6) is 0.124. The number of anilines is 1. The smallest absolute Gasteiger partial charge is 0.195 e. The lowest BCUT2D eigenvalue weighted by atomic mass is 9.84. The van der Waals surface area contributed by atoms with Crippen LogP contribution in [0.3, 0.4) is 0 Å². The van der Waals surface area contributed by atoms with Gasteiger partial charge in [0.1, 0.15) is 11.9 Å². The lowest BCUT2D eigenvalue weighted by Gasteiger charge is -2.28. The Morgan fingerprint density at radius 1 is 1.50 bits per heavy atom. The lowest BCUT2D eigenvalue weighted by Crippen LogP contribution is -2.36. The van der Waals surface area contributed by atoms with Crippen molar-refractivity contribution in [3.05, 3.63) is 23.9 Å². The maximum absolute atomic E-state index is 12.2. The highest BCUT2D eigenvalue weighted by molar-refractivity contribution is 6.03. The van der Waals surface area contributed by atoms with E-state index in [1.54, 1.807) is 18.3 Å². The van der Waals surface area contributed by atoms with Gasteiger partial charge in [-0.3, -0.25) is 4.79 Å². The zero-order valence-corrected chi connectivity index (χ0v) is 10.2. The van der Waals surface area contributed by atoms with Gasteiger partial charge in [-0.2, -0.15) is 0 Å². The van der Waals surface area contributed by atoms with Crippen molar-refractivity contribution in [1.29, 1.82) is 0 Å². The fourth-order valence-electron chi connectivity index (χ4n) is 1.62. The van der Waals surface area contributed by atoms with E-state index in [0.717, 1.165) is 0 Å². The van der Waals surface area contributed by atoms with Crippen molar-refractivity contribution in [3.8, 4) is 0 Å². The molecule has 1 rings (SSSR count). The number of ether oxygens (including phenoxy) is 1. The van der Waals surface area contributed by atoms with Gasteiger partial charge in [0.15, 0.2) is 5.78 Å². The molecule has 1 aromatic heterocycles. The molecular formula is C12H18N2O2. The van der Waals surface area contributed by atoms with E-state index in [0.29, 0.717) is 5.56 Å². The van der Waals surface area contributed by atoms with Gasteiger partial charge in [-0.15, -0.1) is 0 Å². The van der Waals surface area contributed by atoms with Crippen LogP contribution in [0.1, 0.15) is 31.1 Å². The second-order valence-electron chi connectivity index (χ2n) is 4.78. The van der Waals surface area contributed by atoms with E-state index in [9.17, 15) is 4.79 Å². The second kappa shape index (κ2) is 4.61. The molecule has 1 atom stereocenters. The molecule has 0 spiro atoms. The van der Waals surface area contributed by atoms with E-state index in [-0.39, 0.29) is 17.0 Å². The molecule has 88 valence electrons. The highest BCUT2D eigenvalue weighted by Gasteiger charge is 2.32. The zero-order valence-electron chi connectivity index (χ0n) is 10.2. The van der Waals surface area contributed by atoms with Crippen molar-refractivity contribution in [1.82, 2.24) is 4.98 Å². The van der Waals surface area contributed by atoms with Gasteiger partial charge in [0.2, 0.25) is 0 Å². The number of carbonyl (C=O) groups is 1. The van der Waals surface area contributed by atoms with Gasteiger partial charge in [-0.1, -0.05) is 20.8 Å². The van der Waals surface area contributed by atoms with E-state index >= 15 is 0 Å². The molecule has 2 N–H and O–H groups in total. The van der Waals surface area contributed by atoms with Crippen LogP contribution in [0, 0.1) is 5.41 Å². The van der Waals surface area contributed by atoms with Gasteiger partial charge >= 0.3 is 0 Å². The van der Waals surface area contributed by atoms with Crippen LogP contribution in [0.4, 0.5) is 5.82 Å². The molecule has 0 fully saturated rings. The fourth-order valence-corrected chi connectivity index (χ4v) is 1.62. The first-order valence-electron chi connectivity index (χ1n) is 5.15. The first-order chi connectivity index (χ1) is 7.38. The van der Waals surface area contributed by atoms with Gasteiger partial charge in [0, 0.05) is 13.3 Å². The molecule has 4 heteroatoms. The molecule has 16 heavy (non-hydrogen) atoms. The first kappa shape index (κ1) is 12.6. The summed E-state index contributed by atoms with van der Waals surface area (Å²) in [6.45, 7) is 5.85. The summed E-state index contributed by atoms with van der Waals surface area (Å²) in [7, 11) is 1.53. The van der Waals surface area contributed by atoms with E-state index in [4.69, 9.17) is 10.5 Å². The van der Waals surface area contributed by atoms with Gasteiger partial charge in [0.25, 0.3) is 0 Å². The minimum absolute atomic E-state index is 0.124. The topological polar surface area (TPSA) is 65.2 Å². The number of ketones is 1. The molecule has 0 saturated heterocycles. The second-order valence-corrected chi connectivity index (χ2v) is 4.78. The number of hydrogen-bond donors (Lipinski definition) is 1. The summed E-state index contributed by atoms with van der Waals surface area (Å²) < 4.78 is 5.25. The average Bonchev–Trinajstić information content (AvgIpc) is 2.17. The summed E-state index contributed by atoms with van der Waals surface area (Å²) in [6.07, 6.45) is 1.05. The summed E-state index contributed by atoms with van der Waals surface area (Å²) >= 11 is 0. The van der Waals surface area contributed by atoms with Gasteiger partial charge in [0.05, 0.1) is 5.56 Å². The average molecular weight is 222 g/mol. The lowest BCUT2D eigenvalue weighted by molar-refractivity contribution is 0.0196. The normalized spacial score (nSPS) is 13.5. The van der Waals surface area contributed by atoms with Crippen LogP contribution in [-0.4, -0.2) is 24.0 Å². The number of nitrogen functional groups attached to an aromatic ring is 1. The number of pyridine rings is 1. The van der Waals surface area contributed by atoms with Crippen molar-refractivity contribution >= 4 is 11.6 Å². The van der Waals surface area contributed by atoms with Crippen molar-refractivity contribution in [2.24, 2.45) is 5.41 Å². The zero-order chi connectivity index (χ0) is 12.3.